The molecule has 154 valence electrons. The van der Waals surface area contributed by atoms with Gasteiger partial charge >= 0.3 is 6.09 Å². The van der Waals surface area contributed by atoms with E-state index in [2.05, 4.69) is 20.8 Å². The van der Waals surface area contributed by atoms with E-state index in [1.807, 2.05) is 32.9 Å². The van der Waals surface area contributed by atoms with Crippen LogP contribution in [0.1, 0.15) is 65.7 Å². The Hall–Kier alpha value is -3.16. The topological polar surface area (TPSA) is 113 Å². The van der Waals surface area contributed by atoms with E-state index in [0.29, 0.717) is 30.6 Å². The second kappa shape index (κ2) is 8.46. The minimum atomic E-state index is -0.526. The quantitative estimate of drug-likeness (QED) is 0.715. The maximum atomic E-state index is 12.5. The van der Waals surface area contributed by atoms with Crippen LogP contribution in [-0.2, 0) is 17.6 Å². The van der Waals surface area contributed by atoms with Gasteiger partial charge in [0.1, 0.15) is 5.60 Å². The molecule has 2 aromatic rings. The lowest BCUT2D eigenvalue weighted by atomic mass is 9.94. The fourth-order valence-corrected chi connectivity index (χ4v) is 3.14. The standard InChI is InChI=1S/C21H26N4O4/c1-21(2,3)29-20(28)22-12-11-13-7-9-14(10-8-13)23-19(27)18-17-15(24-25-18)5-4-6-16(17)26/h7-10H,4-6,11-12H2,1-3H3,(H,22,28)(H,23,27)(H,24,25). The molecule has 1 heterocycles. The number of carbonyl (C=O) groups is 3. The van der Waals surface area contributed by atoms with E-state index in [9.17, 15) is 14.4 Å². The second-order valence-corrected chi connectivity index (χ2v) is 8.03. The van der Waals surface area contributed by atoms with Crippen molar-refractivity contribution in [2.45, 2.75) is 52.1 Å². The molecule has 0 unspecified atom stereocenters. The molecule has 1 aliphatic rings. The summed E-state index contributed by atoms with van der Waals surface area (Å²) in [6, 6.07) is 7.30. The summed E-state index contributed by atoms with van der Waals surface area (Å²) < 4.78 is 5.19. The summed E-state index contributed by atoms with van der Waals surface area (Å²) in [6.07, 6.45) is 2.14. The van der Waals surface area contributed by atoms with E-state index in [0.717, 1.165) is 24.1 Å². The number of benzene rings is 1. The highest BCUT2D eigenvalue weighted by molar-refractivity contribution is 6.12. The van der Waals surface area contributed by atoms with Crippen molar-refractivity contribution in [3.8, 4) is 0 Å². The predicted molar refractivity (Wildman–Crippen MR) is 108 cm³/mol. The van der Waals surface area contributed by atoms with Crippen LogP contribution in [0, 0.1) is 0 Å². The number of carbonyl (C=O) groups excluding carboxylic acids is 3. The molecule has 8 nitrogen and oxygen atoms in total. The monoisotopic (exact) mass is 398 g/mol. The molecule has 1 aromatic carbocycles. The zero-order valence-electron chi connectivity index (χ0n) is 16.9. The number of aryl methyl sites for hydroxylation is 1. The smallest absolute Gasteiger partial charge is 0.407 e. The third-order valence-corrected chi connectivity index (χ3v) is 4.46. The molecule has 0 bridgehead atoms. The van der Waals surface area contributed by atoms with E-state index >= 15 is 0 Å². The zero-order chi connectivity index (χ0) is 21.0. The number of anilines is 1. The number of aromatic nitrogens is 2. The molecular formula is C21H26N4O4. The van der Waals surface area contributed by atoms with Crippen LogP contribution >= 0.6 is 0 Å². The Morgan fingerprint density at radius 1 is 1.17 bits per heavy atom. The van der Waals surface area contributed by atoms with Crippen LogP contribution in [0.3, 0.4) is 0 Å². The number of H-pyrrole nitrogens is 1. The molecule has 0 saturated carbocycles. The van der Waals surface area contributed by atoms with Gasteiger partial charge in [-0.3, -0.25) is 14.7 Å². The first-order valence-electron chi connectivity index (χ1n) is 9.70. The van der Waals surface area contributed by atoms with E-state index in [1.54, 1.807) is 12.1 Å². The average Bonchev–Trinajstić information content (AvgIpc) is 3.07. The van der Waals surface area contributed by atoms with Crippen LogP contribution in [0.5, 0.6) is 0 Å². The summed E-state index contributed by atoms with van der Waals surface area (Å²) in [5, 5.41) is 12.3. The lowest BCUT2D eigenvalue weighted by molar-refractivity contribution is 0.0528. The zero-order valence-corrected chi connectivity index (χ0v) is 16.9. The Kier molecular flexibility index (Phi) is 6.00. The SMILES string of the molecule is CC(C)(C)OC(=O)NCCc1ccc(NC(=O)c2n[nH]c3c2C(=O)CCC3)cc1. The molecule has 8 heteroatoms. The Bertz CT molecular complexity index is 910. The van der Waals surface area contributed by atoms with Gasteiger partial charge in [-0.15, -0.1) is 0 Å². The van der Waals surface area contributed by atoms with E-state index in [4.69, 9.17) is 4.74 Å². The highest BCUT2D eigenvalue weighted by Gasteiger charge is 2.27. The van der Waals surface area contributed by atoms with E-state index in [-0.39, 0.29) is 11.5 Å². The van der Waals surface area contributed by atoms with Crippen LogP contribution in [-0.4, -0.2) is 40.1 Å². The maximum Gasteiger partial charge on any atom is 0.407 e. The molecule has 0 radical (unpaired) electrons. The molecule has 29 heavy (non-hydrogen) atoms. The van der Waals surface area contributed by atoms with Gasteiger partial charge in [0.05, 0.1) is 5.56 Å². The predicted octanol–water partition coefficient (Wildman–Crippen LogP) is 3.25. The van der Waals surface area contributed by atoms with Crippen LogP contribution < -0.4 is 10.6 Å². The number of nitrogens with zero attached hydrogens (tertiary/aromatic N) is 1. The van der Waals surface area contributed by atoms with Crippen LogP contribution in [0.4, 0.5) is 10.5 Å². The summed E-state index contributed by atoms with van der Waals surface area (Å²) >= 11 is 0. The molecule has 2 amide bonds. The Morgan fingerprint density at radius 2 is 1.90 bits per heavy atom. The summed E-state index contributed by atoms with van der Waals surface area (Å²) in [5.41, 5.74) is 2.39. The number of hydrogen-bond acceptors (Lipinski definition) is 5. The van der Waals surface area contributed by atoms with Gasteiger partial charge in [0.15, 0.2) is 11.5 Å². The third kappa shape index (κ3) is 5.43. The Balaban J connectivity index is 1.53. The number of rotatable bonds is 5. The normalized spacial score (nSPS) is 13.6. The molecule has 1 aromatic heterocycles. The average molecular weight is 398 g/mol. The summed E-state index contributed by atoms with van der Waals surface area (Å²) in [7, 11) is 0. The largest absolute Gasteiger partial charge is 0.444 e. The van der Waals surface area contributed by atoms with Crippen molar-refractivity contribution in [2.24, 2.45) is 0 Å². The van der Waals surface area contributed by atoms with Crippen molar-refractivity contribution in [3.05, 3.63) is 46.8 Å². The highest BCUT2D eigenvalue weighted by Crippen LogP contribution is 2.23. The fourth-order valence-electron chi connectivity index (χ4n) is 3.14. The first-order valence-corrected chi connectivity index (χ1v) is 9.70. The van der Waals surface area contributed by atoms with Crippen LogP contribution in [0.15, 0.2) is 24.3 Å². The number of hydrogen-bond donors (Lipinski definition) is 3. The maximum absolute atomic E-state index is 12.5. The van der Waals surface area contributed by atoms with E-state index in [1.165, 1.54) is 0 Å². The molecule has 0 spiro atoms. The van der Waals surface area contributed by atoms with Gasteiger partial charge in [-0.1, -0.05) is 12.1 Å². The van der Waals surface area contributed by atoms with Crippen molar-refractivity contribution >= 4 is 23.5 Å². The number of ketones is 1. The number of fused-ring (bicyclic) bond motifs is 1. The first-order chi connectivity index (χ1) is 13.7. The van der Waals surface area contributed by atoms with Crippen molar-refractivity contribution in [3.63, 3.8) is 0 Å². The minimum absolute atomic E-state index is 0.0435. The molecule has 3 N–H and O–H groups in total. The highest BCUT2D eigenvalue weighted by atomic mass is 16.6. The molecule has 0 saturated heterocycles. The van der Waals surface area contributed by atoms with Gasteiger partial charge < -0.3 is 15.4 Å². The molecule has 0 fully saturated rings. The second-order valence-electron chi connectivity index (χ2n) is 8.03. The number of alkyl carbamates (subject to hydrolysis) is 1. The van der Waals surface area contributed by atoms with Crippen LogP contribution in [0.2, 0.25) is 0 Å². The number of ether oxygens (including phenoxy) is 1. The lowest BCUT2D eigenvalue weighted by Crippen LogP contribution is -2.33. The Labute approximate surface area is 169 Å². The van der Waals surface area contributed by atoms with Gasteiger partial charge in [-0.05, 0) is 57.7 Å². The molecule has 0 atom stereocenters. The van der Waals surface area contributed by atoms with Gasteiger partial charge in [-0.2, -0.15) is 5.10 Å². The van der Waals surface area contributed by atoms with Crippen molar-refractivity contribution in [2.75, 3.05) is 11.9 Å². The van der Waals surface area contributed by atoms with E-state index < -0.39 is 17.6 Å². The first kappa shape index (κ1) is 20.6. The fraction of sp³-hybridized carbons (Fsp3) is 0.429. The number of aromatic amines is 1. The van der Waals surface area contributed by atoms with Gasteiger partial charge in [0, 0.05) is 24.3 Å². The molecule has 3 rings (SSSR count). The summed E-state index contributed by atoms with van der Waals surface area (Å²) in [4.78, 5) is 36.3. The number of Topliss-reactive ketones (excluding diaryl/α,β-unsaturated/α-hetero) is 1. The third-order valence-electron chi connectivity index (χ3n) is 4.46. The minimum Gasteiger partial charge on any atom is -0.444 e. The molecule has 0 aliphatic heterocycles. The van der Waals surface area contributed by atoms with Crippen molar-refractivity contribution in [1.29, 1.82) is 0 Å². The summed E-state index contributed by atoms with van der Waals surface area (Å²) in [6.45, 7) is 5.89. The molecular weight excluding hydrogens is 372 g/mol. The van der Waals surface area contributed by atoms with Crippen LogP contribution in [0.25, 0.3) is 0 Å². The van der Waals surface area contributed by atoms with Crippen molar-refractivity contribution in [1.82, 2.24) is 15.5 Å². The van der Waals surface area contributed by atoms with Gasteiger partial charge in [0.2, 0.25) is 0 Å². The summed E-state index contributed by atoms with van der Waals surface area (Å²) in [5.74, 6) is -0.449. The van der Waals surface area contributed by atoms with Gasteiger partial charge in [0.25, 0.3) is 5.91 Å². The molecule has 1 aliphatic carbocycles. The van der Waals surface area contributed by atoms with Gasteiger partial charge in [-0.25, -0.2) is 4.79 Å². The Morgan fingerprint density at radius 3 is 2.59 bits per heavy atom. The number of nitrogens with one attached hydrogen (secondary N) is 3. The lowest BCUT2D eigenvalue weighted by Gasteiger charge is -2.19. The number of amides is 2. The van der Waals surface area contributed by atoms with Crippen molar-refractivity contribution < 1.29 is 19.1 Å².